The summed E-state index contributed by atoms with van der Waals surface area (Å²) < 4.78 is 10.3. The highest BCUT2D eigenvalue weighted by Gasteiger charge is 2.12. The molecule has 0 aliphatic heterocycles. The second kappa shape index (κ2) is 9.19. The molecule has 0 saturated heterocycles. The highest BCUT2D eigenvalue weighted by molar-refractivity contribution is 6.03. The smallest absolute Gasteiger partial charge is 0.267 e. The summed E-state index contributed by atoms with van der Waals surface area (Å²) in [6.45, 7) is 2.58. The van der Waals surface area contributed by atoms with Crippen LogP contribution in [0.25, 0.3) is 12.2 Å². The zero-order valence-electron chi connectivity index (χ0n) is 13.5. The number of carbonyl (C=O) groups is 2. The summed E-state index contributed by atoms with van der Waals surface area (Å²) in [6, 6.07) is 6.85. The minimum Gasteiger partial charge on any atom is -0.465 e. The number of furan rings is 2. The number of hydrogen-bond donors (Lipinski definition) is 2. The van der Waals surface area contributed by atoms with E-state index in [4.69, 9.17) is 8.83 Å². The molecule has 6 heteroatoms. The lowest BCUT2D eigenvalue weighted by atomic mass is 10.3. The lowest BCUT2D eigenvalue weighted by Crippen LogP contribution is -2.34. The predicted molar refractivity (Wildman–Crippen MR) is 90.5 cm³/mol. The molecule has 0 bridgehead atoms. The minimum absolute atomic E-state index is 0.121. The molecule has 2 amide bonds. The van der Waals surface area contributed by atoms with E-state index in [0.29, 0.717) is 18.1 Å². The fourth-order valence-corrected chi connectivity index (χ4v) is 1.87. The normalized spacial score (nSPS) is 11.6. The van der Waals surface area contributed by atoms with E-state index in [0.717, 1.165) is 12.8 Å². The predicted octanol–water partition coefficient (Wildman–Crippen LogP) is 2.96. The molecule has 0 fully saturated rings. The Hall–Kier alpha value is -3.02. The highest BCUT2D eigenvalue weighted by atomic mass is 16.3. The van der Waals surface area contributed by atoms with E-state index in [1.807, 2.05) is 6.92 Å². The second-order valence-electron chi connectivity index (χ2n) is 5.02. The van der Waals surface area contributed by atoms with Crippen LogP contribution in [0.4, 0.5) is 0 Å². The van der Waals surface area contributed by atoms with Gasteiger partial charge in [0.1, 0.15) is 17.2 Å². The Balaban J connectivity index is 2.04. The molecule has 2 N–H and O–H groups in total. The lowest BCUT2D eigenvalue weighted by molar-refractivity contribution is -0.121. The van der Waals surface area contributed by atoms with Gasteiger partial charge in [0.05, 0.1) is 12.5 Å². The molecule has 0 radical (unpaired) electrons. The van der Waals surface area contributed by atoms with Crippen LogP contribution in [0.2, 0.25) is 0 Å². The van der Waals surface area contributed by atoms with Crippen LogP contribution in [-0.4, -0.2) is 18.4 Å². The first-order chi connectivity index (χ1) is 11.7. The summed E-state index contributed by atoms with van der Waals surface area (Å²) in [7, 11) is 0. The molecule has 6 nitrogen and oxygen atoms in total. The third kappa shape index (κ3) is 5.64. The van der Waals surface area contributed by atoms with Gasteiger partial charge in [-0.25, -0.2) is 0 Å². The fourth-order valence-electron chi connectivity index (χ4n) is 1.87. The van der Waals surface area contributed by atoms with Gasteiger partial charge in [0.25, 0.3) is 5.91 Å². The first-order valence-electron chi connectivity index (χ1n) is 7.75. The maximum absolute atomic E-state index is 12.2. The third-order valence-electron chi connectivity index (χ3n) is 3.09. The zero-order chi connectivity index (χ0) is 17.2. The fraction of sp³-hybridized carbons (Fsp3) is 0.222. The van der Waals surface area contributed by atoms with E-state index in [2.05, 4.69) is 10.6 Å². The zero-order valence-corrected chi connectivity index (χ0v) is 13.5. The maximum Gasteiger partial charge on any atom is 0.267 e. The molecule has 2 aromatic heterocycles. The van der Waals surface area contributed by atoms with Gasteiger partial charge in [0.2, 0.25) is 5.91 Å². The molecule has 0 aromatic carbocycles. The number of nitrogens with one attached hydrogen (secondary N) is 2. The van der Waals surface area contributed by atoms with Crippen molar-refractivity contribution in [3.8, 4) is 0 Å². The van der Waals surface area contributed by atoms with E-state index in [-0.39, 0.29) is 11.6 Å². The molecule has 2 rings (SSSR count). The van der Waals surface area contributed by atoms with Gasteiger partial charge in [-0.15, -0.1) is 0 Å². The van der Waals surface area contributed by atoms with Gasteiger partial charge < -0.3 is 19.5 Å². The van der Waals surface area contributed by atoms with Crippen molar-refractivity contribution in [3.63, 3.8) is 0 Å². The standard InChI is InChI=1S/C18H20N2O4/c1-2-3-10-19-18(22)16(13-15-7-5-12-24-15)20-17(21)9-8-14-6-4-11-23-14/h4-9,11-13H,2-3,10H2,1H3,(H,19,22)(H,20,21)/b9-8+,16-13-. The Morgan fingerprint density at radius 3 is 2.46 bits per heavy atom. The van der Waals surface area contributed by atoms with Crippen molar-refractivity contribution in [1.82, 2.24) is 10.6 Å². The van der Waals surface area contributed by atoms with Crippen LogP contribution in [0, 0.1) is 0 Å². The molecule has 2 aromatic rings. The molecule has 126 valence electrons. The minimum atomic E-state index is -0.435. The molecule has 2 heterocycles. The largest absolute Gasteiger partial charge is 0.465 e. The van der Waals surface area contributed by atoms with E-state index in [1.165, 1.54) is 30.8 Å². The van der Waals surface area contributed by atoms with Crippen LogP contribution >= 0.6 is 0 Å². The molecule has 0 atom stereocenters. The Morgan fingerprint density at radius 1 is 1.12 bits per heavy atom. The third-order valence-corrected chi connectivity index (χ3v) is 3.09. The maximum atomic E-state index is 12.2. The summed E-state index contributed by atoms with van der Waals surface area (Å²) in [5, 5.41) is 5.33. The molecular weight excluding hydrogens is 308 g/mol. The number of amides is 2. The quantitative estimate of drug-likeness (QED) is 0.576. The molecule has 0 unspecified atom stereocenters. The van der Waals surface area contributed by atoms with Crippen molar-refractivity contribution in [3.05, 3.63) is 60.1 Å². The Bertz CT molecular complexity index is 697. The summed E-state index contributed by atoms with van der Waals surface area (Å²) in [5.74, 6) is 0.231. The van der Waals surface area contributed by atoms with Gasteiger partial charge in [0, 0.05) is 18.7 Å². The molecule has 0 aliphatic rings. The van der Waals surface area contributed by atoms with Gasteiger partial charge in [-0.1, -0.05) is 13.3 Å². The summed E-state index contributed by atoms with van der Waals surface area (Å²) in [5.41, 5.74) is 0.121. The van der Waals surface area contributed by atoms with Crippen LogP contribution in [0.3, 0.4) is 0 Å². The van der Waals surface area contributed by atoms with E-state index >= 15 is 0 Å². The second-order valence-corrected chi connectivity index (χ2v) is 5.02. The average Bonchev–Trinajstić information content (AvgIpc) is 3.26. The van der Waals surface area contributed by atoms with Crippen molar-refractivity contribution in [2.75, 3.05) is 6.54 Å². The van der Waals surface area contributed by atoms with Gasteiger partial charge in [-0.05, 0) is 36.8 Å². The topological polar surface area (TPSA) is 84.5 Å². The Kier molecular flexibility index (Phi) is 6.64. The Morgan fingerprint density at radius 2 is 1.83 bits per heavy atom. The first kappa shape index (κ1) is 17.3. The SMILES string of the molecule is CCCCNC(=O)/C(=C/c1ccco1)NC(=O)/C=C/c1ccco1. The average molecular weight is 328 g/mol. The monoisotopic (exact) mass is 328 g/mol. The van der Waals surface area contributed by atoms with E-state index in [9.17, 15) is 9.59 Å². The first-order valence-corrected chi connectivity index (χ1v) is 7.75. The van der Waals surface area contributed by atoms with Crippen LogP contribution in [0.1, 0.15) is 31.3 Å². The van der Waals surface area contributed by atoms with Crippen LogP contribution < -0.4 is 10.6 Å². The highest BCUT2D eigenvalue weighted by Crippen LogP contribution is 2.07. The Labute approximate surface area is 140 Å². The summed E-state index contributed by atoms with van der Waals surface area (Å²) in [6.07, 6.45) is 9.16. The number of hydrogen-bond acceptors (Lipinski definition) is 4. The van der Waals surface area contributed by atoms with E-state index < -0.39 is 5.91 Å². The summed E-state index contributed by atoms with van der Waals surface area (Å²) in [4.78, 5) is 24.3. The van der Waals surface area contributed by atoms with Crippen molar-refractivity contribution in [2.24, 2.45) is 0 Å². The van der Waals surface area contributed by atoms with Crippen LogP contribution in [-0.2, 0) is 9.59 Å². The van der Waals surface area contributed by atoms with Crippen molar-refractivity contribution in [1.29, 1.82) is 0 Å². The van der Waals surface area contributed by atoms with Crippen molar-refractivity contribution < 1.29 is 18.4 Å². The van der Waals surface area contributed by atoms with Crippen LogP contribution in [0.5, 0.6) is 0 Å². The van der Waals surface area contributed by atoms with Crippen molar-refractivity contribution >= 4 is 24.0 Å². The molecule has 0 spiro atoms. The number of rotatable bonds is 8. The van der Waals surface area contributed by atoms with Gasteiger partial charge in [-0.3, -0.25) is 9.59 Å². The van der Waals surface area contributed by atoms with Gasteiger partial charge in [0.15, 0.2) is 0 Å². The molecular formula is C18H20N2O4. The van der Waals surface area contributed by atoms with Gasteiger partial charge in [-0.2, -0.15) is 0 Å². The molecule has 24 heavy (non-hydrogen) atoms. The van der Waals surface area contributed by atoms with E-state index in [1.54, 1.807) is 24.3 Å². The number of carbonyl (C=O) groups excluding carboxylic acids is 2. The molecule has 0 aliphatic carbocycles. The molecule has 0 saturated carbocycles. The van der Waals surface area contributed by atoms with Gasteiger partial charge >= 0.3 is 0 Å². The lowest BCUT2D eigenvalue weighted by Gasteiger charge is -2.08. The summed E-state index contributed by atoms with van der Waals surface area (Å²) >= 11 is 0. The van der Waals surface area contributed by atoms with Crippen LogP contribution in [0.15, 0.2) is 57.4 Å². The van der Waals surface area contributed by atoms with Crippen molar-refractivity contribution in [2.45, 2.75) is 19.8 Å². The number of unbranched alkanes of at least 4 members (excludes halogenated alkanes) is 1.